The van der Waals surface area contributed by atoms with Crippen molar-refractivity contribution in [3.8, 4) is 10.4 Å². The number of aliphatic hydroxyl groups excluding tert-OH is 2. The van der Waals surface area contributed by atoms with E-state index in [1.807, 2.05) is 41.3 Å². The van der Waals surface area contributed by atoms with Crippen LogP contribution in [0.5, 0.6) is 0 Å². The number of aliphatic carboxylic acids is 2. The Hall–Kier alpha value is -5.12. The number of hydrogen-bond donors (Lipinski definition) is 5. The summed E-state index contributed by atoms with van der Waals surface area (Å²) < 4.78 is 48.5. The fourth-order valence-electron chi connectivity index (χ4n) is 14.8. The van der Waals surface area contributed by atoms with Gasteiger partial charge in [-0.05, 0) is 141 Å². The topological polar surface area (TPSA) is 251 Å². The maximum atomic E-state index is 14.6. The quantitative estimate of drug-likeness (QED) is 0.0885. The maximum Gasteiger partial charge on any atom is 0.430 e. The number of likely N-dealkylation sites (tertiary alicyclic amines) is 1. The largest absolute Gasteiger partial charge is 0.542 e. The molecule has 1 aromatic carbocycles. The van der Waals surface area contributed by atoms with Gasteiger partial charge in [-0.1, -0.05) is 58.0 Å². The van der Waals surface area contributed by atoms with Crippen LogP contribution in [0.4, 0.5) is 18.9 Å². The van der Waals surface area contributed by atoms with Gasteiger partial charge in [0.05, 0.1) is 50.9 Å². The van der Waals surface area contributed by atoms with Crippen molar-refractivity contribution in [2.45, 2.75) is 167 Å². The monoisotopic (exact) mass is 1130 g/mol. The van der Waals surface area contributed by atoms with Crippen LogP contribution in [0.15, 0.2) is 36.4 Å². The number of benzene rings is 1. The average molecular weight is 1130 g/mol. The number of rotatable bonds is 17. The molecule has 17 nitrogen and oxygen atoms in total. The molecule has 0 spiro atoms. The van der Waals surface area contributed by atoms with Gasteiger partial charge < -0.3 is 54.5 Å². The molecule has 6 fully saturated rings. The summed E-state index contributed by atoms with van der Waals surface area (Å²) in [5.41, 5.74) is 0.884. The van der Waals surface area contributed by atoms with E-state index in [0.717, 1.165) is 81.3 Å². The Morgan fingerprint density at radius 1 is 0.873 bits per heavy atom. The Bertz CT molecular complexity index is 2480. The number of quaternary nitrogens is 1. The number of carboxylic acid groups (broad SMARTS) is 2. The second-order valence-electron chi connectivity index (χ2n) is 24.1. The first-order valence-corrected chi connectivity index (χ1v) is 29.1. The van der Waals surface area contributed by atoms with Crippen molar-refractivity contribution in [1.82, 2.24) is 5.32 Å². The summed E-state index contributed by atoms with van der Waals surface area (Å²) >= 11 is 1.26. The van der Waals surface area contributed by atoms with E-state index in [9.17, 15) is 52.2 Å². The number of nitrogens with zero attached hydrogens (tertiary/aromatic N) is 1. The highest BCUT2D eigenvalue weighted by Crippen LogP contribution is 2.68. The number of ether oxygens (including phenoxy) is 3. The molecular formula is C58H80F3N3O14S. The van der Waals surface area contributed by atoms with Crippen LogP contribution in [0.1, 0.15) is 147 Å². The number of nitrogens with one attached hydrogen (secondary N) is 2. The first kappa shape index (κ1) is 61.5. The number of carbonyl (C=O) groups excluding carboxylic acids is 6. The van der Waals surface area contributed by atoms with Gasteiger partial charge in [0.25, 0.3) is 0 Å². The molecule has 0 bridgehead atoms. The molecule has 1 aliphatic heterocycles. The Morgan fingerprint density at radius 2 is 1.53 bits per heavy atom. The van der Waals surface area contributed by atoms with E-state index in [1.54, 1.807) is 0 Å². The molecule has 5 aliphatic carbocycles. The second kappa shape index (κ2) is 26.2. The van der Waals surface area contributed by atoms with Gasteiger partial charge in [0.1, 0.15) is 23.5 Å². The summed E-state index contributed by atoms with van der Waals surface area (Å²) in [6.45, 7) is 9.60. The van der Waals surface area contributed by atoms with Gasteiger partial charge >= 0.3 is 30.1 Å². The van der Waals surface area contributed by atoms with Crippen LogP contribution in [-0.4, -0.2) is 121 Å². The Kier molecular flexibility index (Phi) is 20.4. The zero-order valence-electron chi connectivity index (χ0n) is 46.1. The number of esters is 3. The predicted octanol–water partition coefficient (Wildman–Crippen LogP) is 6.12. The molecule has 1 saturated heterocycles. The highest BCUT2D eigenvalue weighted by Gasteiger charge is 2.66. The van der Waals surface area contributed by atoms with Crippen molar-refractivity contribution < 1.29 is 86.3 Å². The average Bonchev–Trinajstić information content (AvgIpc) is 4.26. The van der Waals surface area contributed by atoms with Crippen LogP contribution in [0.2, 0.25) is 0 Å². The number of hydrogen-bond acceptors (Lipinski definition) is 14. The molecule has 5 unspecified atom stereocenters. The minimum absolute atomic E-state index is 0.0262. The normalized spacial score (nSPS) is 32.5. The van der Waals surface area contributed by atoms with Gasteiger partial charge in [-0.3, -0.25) is 24.0 Å². The van der Waals surface area contributed by atoms with Crippen molar-refractivity contribution in [3.05, 3.63) is 41.3 Å². The number of carboxylic acids is 2. The van der Waals surface area contributed by atoms with Gasteiger partial charge in [0.15, 0.2) is 0 Å². The molecule has 79 heavy (non-hydrogen) atoms. The molecule has 6 aliphatic rings. The van der Waals surface area contributed by atoms with E-state index in [0.29, 0.717) is 43.7 Å². The zero-order chi connectivity index (χ0) is 57.6. The van der Waals surface area contributed by atoms with Crippen LogP contribution in [0.3, 0.4) is 0 Å². The summed E-state index contributed by atoms with van der Waals surface area (Å²) in [5.74, 6) is -5.15. The third kappa shape index (κ3) is 14.5. The van der Waals surface area contributed by atoms with Gasteiger partial charge in [-0.25, -0.2) is 4.79 Å². The SMILES string of the molecule is CC1CCC(C(=O)N(c2cc(-c3ccccc3)sc2C(=O)OCOC(=O)CCC(=O)O[C@@H]2CC[C@@]3(C)C(C2)C[C@@H](O)C2C3C[C@H](O)[C@@]3(C)C2CCC3[C@H](C)CCC(=O)NCC(=O)O)C2CC[NH+](C)CC2)CC1.O=C([O-])C(F)(F)F. The fraction of sp³-hybridized carbons (Fsp3) is 0.707. The zero-order valence-corrected chi connectivity index (χ0v) is 46.9. The van der Waals surface area contributed by atoms with Crippen molar-refractivity contribution in [2.75, 3.05) is 38.4 Å². The fourth-order valence-corrected chi connectivity index (χ4v) is 15.8. The molecule has 438 valence electrons. The van der Waals surface area contributed by atoms with E-state index < -0.39 is 67.0 Å². The number of halogens is 3. The van der Waals surface area contributed by atoms with Crippen LogP contribution in [-0.2, 0) is 43.0 Å². The highest BCUT2D eigenvalue weighted by atomic mass is 32.1. The van der Waals surface area contributed by atoms with E-state index in [2.05, 4.69) is 40.1 Å². The van der Waals surface area contributed by atoms with Crippen molar-refractivity contribution in [1.29, 1.82) is 0 Å². The van der Waals surface area contributed by atoms with Crippen molar-refractivity contribution in [2.24, 2.45) is 58.2 Å². The van der Waals surface area contributed by atoms with Crippen molar-refractivity contribution >= 4 is 58.7 Å². The lowest BCUT2D eigenvalue weighted by Gasteiger charge is -2.63. The minimum Gasteiger partial charge on any atom is -0.542 e. The number of amides is 2. The Labute approximate surface area is 464 Å². The number of anilines is 1. The number of piperidine rings is 1. The minimum atomic E-state index is -5.19. The summed E-state index contributed by atoms with van der Waals surface area (Å²) in [4.78, 5) is 91.2. The Balaban J connectivity index is 0.00000121. The molecular weight excluding hydrogens is 1050 g/mol. The molecule has 11 atom stereocenters. The summed E-state index contributed by atoms with van der Waals surface area (Å²) in [6, 6.07) is 11.6. The molecule has 8 rings (SSSR count). The summed E-state index contributed by atoms with van der Waals surface area (Å²) in [6.07, 6.45) is 3.85. The molecule has 2 heterocycles. The van der Waals surface area contributed by atoms with Gasteiger partial charge in [0.2, 0.25) is 18.6 Å². The maximum absolute atomic E-state index is 14.6. The van der Waals surface area contributed by atoms with E-state index in [4.69, 9.17) is 29.2 Å². The first-order chi connectivity index (χ1) is 37.3. The molecule has 5 N–H and O–H groups in total. The Morgan fingerprint density at radius 3 is 2.18 bits per heavy atom. The number of carbonyl (C=O) groups is 7. The highest BCUT2D eigenvalue weighted by molar-refractivity contribution is 7.18. The smallest absolute Gasteiger partial charge is 0.430 e. The molecule has 5 saturated carbocycles. The van der Waals surface area contributed by atoms with Crippen LogP contribution in [0.25, 0.3) is 10.4 Å². The van der Waals surface area contributed by atoms with Crippen LogP contribution in [0, 0.1) is 58.2 Å². The predicted molar refractivity (Wildman–Crippen MR) is 282 cm³/mol. The van der Waals surface area contributed by atoms with E-state index >= 15 is 0 Å². The van der Waals surface area contributed by atoms with Crippen LogP contribution >= 0.6 is 11.3 Å². The third-order valence-corrected chi connectivity index (χ3v) is 20.4. The molecule has 0 radical (unpaired) electrons. The van der Waals surface area contributed by atoms with E-state index in [1.165, 1.54) is 16.2 Å². The number of thiophene rings is 1. The standard InChI is InChI=1S/C56H79N3O12S.C2HF3O2/c1-33-11-14-36(15-12-33)53(67)59(38-22-25-58(5)26-23-38)43-30-45(35-9-7-6-8-10-35)72-52(43)54(68)70-32-69-49(65)19-20-50(66)71-39-21-24-55(3)37(27-39)28-44(60)51-41-17-16-40(56(41,4)46(61)29-42(51)55)34(2)13-18-47(62)57-31-48(63)64;3-2(4,5)1(6)7/h6-10,30,33-34,36-42,44,46,51,60-61H,11-29,31-32H2,1-5H3,(H,57,62)(H,63,64);(H,6,7)/t33?,34-,36?,37?,39-,40?,41?,42?,44-,46+,51?,55+,56-;/m1./s1. The third-order valence-electron chi connectivity index (χ3n) is 19.2. The van der Waals surface area contributed by atoms with Gasteiger partial charge in [-0.2, -0.15) is 13.2 Å². The lowest BCUT2D eigenvalue weighted by molar-refractivity contribution is -0.884. The lowest BCUT2D eigenvalue weighted by Crippen LogP contribution is -3.10. The summed E-state index contributed by atoms with van der Waals surface area (Å²) in [7, 11) is 2.16. The summed E-state index contributed by atoms with van der Waals surface area (Å²) in [5, 5.41) is 44.1. The lowest BCUT2D eigenvalue weighted by atomic mass is 9.43. The number of aliphatic hydroxyl groups is 2. The molecule has 21 heteroatoms. The number of alkyl halides is 3. The van der Waals surface area contributed by atoms with Gasteiger partial charge in [-0.15, -0.1) is 11.3 Å². The number of fused-ring (bicyclic) bond motifs is 5. The molecule has 1 aromatic heterocycles. The van der Waals surface area contributed by atoms with Gasteiger partial charge in [0, 0.05) is 36.1 Å². The molecule has 2 aromatic rings. The van der Waals surface area contributed by atoms with E-state index in [-0.39, 0.29) is 94.9 Å². The first-order valence-electron chi connectivity index (χ1n) is 28.3. The molecule has 2 amide bonds. The van der Waals surface area contributed by atoms with Crippen LogP contribution < -0.4 is 20.2 Å². The second-order valence-corrected chi connectivity index (χ2v) is 25.1. The van der Waals surface area contributed by atoms with Crippen molar-refractivity contribution in [3.63, 3.8) is 0 Å².